The predicted molar refractivity (Wildman–Crippen MR) is 111 cm³/mol. The zero-order valence-corrected chi connectivity index (χ0v) is 17.5. The number of halogens is 4. The van der Waals surface area contributed by atoms with Crippen LogP contribution < -0.4 is 14.8 Å². The van der Waals surface area contributed by atoms with E-state index in [1.807, 2.05) is 0 Å². The SMILES string of the molecule is C=CCOc1ccc(C(=O)N(C)CC(=O)Nc2ccc(Cl)c(C(F)(F)F)c2)cc1OC. The standard InChI is InChI=1S/C21H20ClF3N2O4/c1-4-9-31-17-8-5-13(10-18(17)30-3)20(29)27(2)12-19(28)26-14-6-7-16(22)15(11-14)21(23,24)25/h4-8,10-11H,1,9,12H2,2-3H3,(H,26,28). The molecule has 0 saturated carbocycles. The summed E-state index contributed by atoms with van der Waals surface area (Å²) >= 11 is 5.57. The number of benzene rings is 2. The lowest BCUT2D eigenvalue weighted by atomic mass is 10.1. The summed E-state index contributed by atoms with van der Waals surface area (Å²) in [6.07, 6.45) is -3.10. The fraction of sp³-hybridized carbons (Fsp3) is 0.238. The Hall–Kier alpha value is -3.20. The maximum Gasteiger partial charge on any atom is 0.417 e. The van der Waals surface area contributed by atoms with Gasteiger partial charge in [0, 0.05) is 18.3 Å². The van der Waals surface area contributed by atoms with Crippen LogP contribution in [0.3, 0.4) is 0 Å². The minimum absolute atomic E-state index is 0.0898. The van der Waals surface area contributed by atoms with Crippen molar-refractivity contribution in [1.29, 1.82) is 0 Å². The minimum atomic E-state index is -4.66. The van der Waals surface area contributed by atoms with E-state index in [0.29, 0.717) is 11.5 Å². The van der Waals surface area contributed by atoms with Crippen LogP contribution in [0.15, 0.2) is 49.1 Å². The number of likely N-dealkylation sites (N-methyl/N-ethyl adjacent to an activating group) is 1. The average Bonchev–Trinajstić information content (AvgIpc) is 2.72. The molecule has 0 unspecified atom stereocenters. The lowest BCUT2D eigenvalue weighted by Gasteiger charge is -2.18. The number of carbonyl (C=O) groups excluding carboxylic acids is 2. The summed E-state index contributed by atoms with van der Waals surface area (Å²) in [7, 11) is 2.81. The highest BCUT2D eigenvalue weighted by Gasteiger charge is 2.33. The molecule has 31 heavy (non-hydrogen) atoms. The Morgan fingerprint density at radius 2 is 1.90 bits per heavy atom. The van der Waals surface area contributed by atoms with Gasteiger partial charge in [-0.15, -0.1) is 0 Å². The predicted octanol–water partition coefficient (Wildman–Crippen LogP) is 4.64. The van der Waals surface area contributed by atoms with Crippen LogP contribution >= 0.6 is 11.6 Å². The van der Waals surface area contributed by atoms with E-state index in [-0.39, 0.29) is 24.4 Å². The summed E-state index contributed by atoms with van der Waals surface area (Å²) in [5.41, 5.74) is -0.917. The van der Waals surface area contributed by atoms with Crippen molar-refractivity contribution in [2.75, 3.05) is 32.6 Å². The quantitative estimate of drug-likeness (QED) is 0.587. The van der Waals surface area contributed by atoms with Crippen molar-refractivity contribution in [2.24, 2.45) is 0 Å². The molecule has 2 rings (SSSR count). The second-order valence-corrected chi connectivity index (χ2v) is 6.77. The molecule has 1 N–H and O–H groups in total. The van der Waals surface area contributed by atoms with E-state index in [9.17, 15) is 22.8 Å². The molecule has 0 atom stereocenters. The van der Waals surface area contributed by atoms with Crippen molar-refractivity contribution in [1.82, 2.24) is 4.90 Å². The summed E-state index contributed by atoms with van der Waals surface area (Å²) in [5, 5.41) is 1.85. The summed E-state index contributed by atoms with van der Waals surface area (Å²) in [6.45, 7) is 3.42. The zero-order valence-electron chi connectivity index (χ0n) is 16.8. The number of anilines is 1. The van der Waals surface area contributed by atoms with Gasteiger partial charge in [0.05, 0.1) is 24.2 Å². The fourth-order valence-electron chi connectivity index (χ4n) is 2.60. The fourth-order valence-corrected chi connectivity index (χ4v) is 2.82. The van der Waals surface area contributed by atoms with Crippen molar-refractivity contribution < 1.29 is 32.2 Å². The molecule has 0 radical (unpaired) electrons. The molecule has 0 bridgehead atoms. The number of nitrogens with zero attached hydrogens (tertiary/aromatic N) is 1. The van der Waals surface area contributed by atoms with E-state index >= 15 is 0 Å². The molecule has 2 amide bonds. The van der Waals surface area contributed by atoms with E-state index in [0.717, 1.165) is 17.0 Å². The second kappa shape index (κ2) is 10.2. The number of alkyl halides is 3. The first-order chi connectivity index (χ1) is 14.6. The van der Waals surface area contributed by atoms with E-state index in [1.165, 1.54) is 32.4 Å². The zero-order chi connectivity index (χ0) is 23.2. The Kier molecular flexibility index (Phi) is 7.93. The van der Waals surface area contributed by atoms with Crippen LogP contribution in [0, 0.1) is 0 Å². The third-order valence-corrected chi connectivity index (χ3v) is 4.38. The van der Waals surface area contributed by atoms with Gasteiger partial charge in [0.2, 0.25) is 5.91 Å². The van der Waals surface area contributed by atoms with Crippen LogP contribution in [0.2, 0.25) is 5.02 Å². The maximum absolute atomic E-state index is 13.0. The van der Waals surface area contributed by atoms with E-state index < -0.39 is 28.6 Å². The van der Waals surface area contributed by atoms with Gasteiger partial charge in [0.25, 0.3) is 5.91 Å². The first-order valence-electron chi connectivity index (χ1n) is 8.90. The number of hydrogen-bond donors (Lipinski definition) is 1. The molecular formula is C21H20ClF3N2O4. The van der Waals surface area contributed by atoms with Gasteiger partial charge >= 0.3 is 6.18 Å². The summed E-state index contributed by atoms with van der Waals surface area (Å²) < 4.78 is 49.5. The maximum atomic E-state index is 13.0. The van der Waals surface area contributed by atoms with Gasteiger partial charge in [-0.25, -0.2) is 0 Å². The van der Waals surface area contributed by atoms with Crippen LogP contribution in [0.4, 0.5) is 18.9 Å². The number of rotatable bonds is 8. The highest BCUT2D eigenvalue weighted by Crippen LogP contribution is 2.36. The highest BCUT2D eigenvalue weighted by atomic mass is 35.5. The minimum Gasteiger partial charge on any atom is -0.493 e. The Morgan fingerprint density at radius 3 is 2.52 bits per heavy atom. The molecule has 0 aromatic heterocycles. The van der Waals surface area contributed by atoms with Crippen LogP contribution in [-0.4, -0.2) is 44.0 Å². The lowest BCUT2D eigenvalue weighted by Crippen LogP contribution is -2.35. The van der Waals surface area contributed by atoms with Gasteiger partial charge in [-0.05, 0) is 36.4 Å². The molecule has 166 valence electrons. The first kappa shape index (κ1) is 24.1. The molecule has 0 spiro atoms. The molecule has 6 nitrogen and oxygen atoms in total. The lowest BCUT2D eigenvalue weighted by molar-refractivity contribution is -0.137. The molecular weight excluding hydrogens is 437 g/mol. The van der Waals surface area contributed by atoms with Crippen molar-refractivity contribution in [3.05, 3.63) is 65.2 Å². The Balaban J connectivity index is 2.08. The molecule has 0 aliphatic carbocycles. The van der Waals surface area contributed by atoms with Gasteiger partial charge in [-0.2, -0.15) is 13.2 Å². The van der Waals surface area contributed by atoms with Crippen molar-refractivity contribution in [3.63, 3.8) is 0 Å². The van der Waals surface area contributed by atoms with Gasteiger partial charge < -0.3 is 19.7 Å². The molecule has 2 aromatic rings. The third-order valence-electron chi connectivity index (χ3n) is 4.05. The normalized spacial score (nSPS) is 10.9. The Bertz CT molecular complexity index is 980. The third kappa shape index (κ3) is 6.39. The van der Waals surface area contributed by atoms with Gasteiger partial charge in [-0.1, -0.05) is 24.3 Å². The number of hydrogen-bond acceptors (Lipinski definition) is 4. The van der Waals surface area contributed by atoms with Gasteiger partial charge in [-0.3, -0.25) is 9.59 Å². The number of methoxy groups -OCH3 is 1. The molecule has 0 aliphatic heterocycles. The summed E-state index contributed by atoms with van der Waals surface area (Å²) in [6, 6.07) is 7.53. The summed E-state index contributed by atoms with van der Waals surface area (Å²) in [4.78, 5) is 26.0. The number of ether oxygens (including phenoxy) is 2. The monoisotopic (exact) mass is 456 g/mol. The molecule has 2 aromatic carbocycles. The summed E-state index contributed by atoms with van der Waals surface area (Å²) in [5.74, 6) is -0.422. The number of amides is 2. The molecule has 0 fully saturated rings. The van der Waals surface area contributed by atoms with Crippen molar-refractivity contribution >= 4 is 29.1 Å². The van der Waals surface area contributed by atoms with Gasteiger partial charge in [0.15, 0.2) is 11.5 Å². The number of carbonyl (C=O) groups is 2. The van der Waals surface area contributed by atoms with Gasteiger partial charge in [0.1, 0.15) is 6.61 Å². The number of nitrogens with one attached hydrogen (secondary N) is 1. The van der Waals surface area contributed by atoms with Crippen molar-refractivity contribution in [3.8, 4) is 11.5 Å². The molecule has 10 heteroatoms. The molecule has 0 saturated heterocycles. The average molecular weight is 457 g/mol. The van der Waals surface area contributed by atoms with E-state index in [1.54, 1.807) is 12.1 Å². The van der Waals surface area contributed by atoms with Crippen molar-refractivity contribution in [2.45, 2.75) is 6.18 Å². The van der Waals surface area contributed by atoms with E-state index in [4.69, 9.17) is 21.1 Å². The van der Waals surface area contributed by atoms with Crippen LogP contribution in [-0.2, 0) is 11.0 Å². The Labute approximate surface area is 182 Å². The van der Waals surface area contributed by atoms with Crippen LogP contribution in [0.5, 0.6) is 11.5 Å². The van der Waals surface area contributed by atoms with Crippen LogP contribution in [0.1, 0.15) is 15.9 Å². The topological polar surface area (TPSA) is 67.9 Å². The highest BCUT2D eigenvalue weighted by molar-refractivity contribution is 6.31. The van der Waals surface area contributed by atoms with E-state index in [2.05, 4.69) is 11.9 Å². The molecule has 0 aliphatic rings. The first-order valence-corrected chi connectivity index (χ1v) is 9.28. The largest absolute Gasteiger partial charge is 0.493 e. The Morgan fingerprint density at radius 1 is 1.19 bits per heavy atom. The van der Waals surface area contributed by atoms with Crippen LogP contribution in [0.25, 0.3) is 0 Å². The smallest absolute Gasteiger partial charge is 0.417 e. The second-order valence-electron chi connectivity index (χ2n) is 6.37. The molecule has 0 heterocycles.